The van der Waals surface area contributed by atoms with Gasteiger partial charge in [-0.05, 0) is 100 Å². The van der Waals surface area contributed by atoms with Crippen LogP contribution in [0.3, 0.4) is 0 Å². The number of furan rings is 1. The predicted octanol–water partition coefficient (Wildman–Crippen LogP) is 6.97. The monoisotopic (exact) mass is 837 g/mol. The van der Waals surface area contributed by atoms with Crippen molar-refractivity contribution in [3.05, 3.63) is 160 Å². The topological polar surface area (TPSA) is 165 Å². The van der Waals surface area contributed by atoms with Crippen LogP contribution in [0.4, 0.5) is 11.4 Å². The van der Waals surface area contributed by atoms with E-state index < -0.39 is 56.0 Å². The number of anilines is 1. The fourth-order valence-electron chi connectivity index (χ4n) is 9.70. The standard InChI is InChI=1S/C47H48BN3O9Si/c1-47(2,3)61(37-15-6-4-7-16-37,38-17-8-5-9-18-38)58-30-32-26-39-44(46(54)50(45(39)53)33-13-12-14-34(27-33)51(56)57)40-28-48(55)60-42(43(32)40)23-20-31(41-19-10-11-24-49-41)25-35-21-22-36(29-52)59-35/h4-19,21-22,24-25,27,39-40,42,44,52,55H,20,23,26,28-30H2,1-3H3/b31-25-/t39-,40+,42-,44-/m1/s1. The summed E-state index contributed by atoms with van der Waals surface area (Å²) in [5.41, 5.74) is 3.15. The van der Waals surface area contributed by atoms with Gasteiger partial charge >= 0.3 is 7.12 Å². The molecule has 8 rings (SSSR count). The number of rotatable bonds is 13. The van der Waals surface area contributed by atoms with Gasteiger partial charge in [0, 0.05) is 18.3 Å². The number of nitrogens with zero attached hydrogens (tertiary/aromatic N) is 3. The Morgan fingerprint density at radius 3 is 2.28 bits per heavy atom. The molecule has 3 aliphatic rings. The highest BCUT2D eigenvalue weighted by Crippen LogP contribution is 2.52. The van der Waals surface area contributed by atoms with Crippen molar-refractivity contribution in [2.75, 3.05) is 11.5 Å². The van der Waals surface area contributed by atoms with Crippen LogP contribution in [-0.2, 0) is 25.3 Å². The lowest BCUT2D eigenvalue weighted by atomic mass is 9.58. The van der Waals surface area contributed by atoms with E-state index in [1.165, 1.54) is 24.3 Å². The van der Waals surface area contributed by atoms with Crippen molar-refractivity contribution in [3.8, 4) is 0 Å². The van der Waals surface area contributed by atoms with Crippen LogP contribution < -0.4 is 15.3 Å². The molecule has 0 bridgehead atoms. The predicted molar refractivity (Wildman–Crippen MR) is 235 cm³/mol. The molecule has 5 aromatic rings. The second-order valence-corrected chi connectivity index (χ2v) is 21.2. The number of fused-ring (bicyclic) bond motifs is 3. The molecule has 2 aliphatic heterocycles. The van der Waals surface area contributed by atoms with Gasteiger partial charge in [0.1, 0.15) is 18.1 Å². The Kier molecular flexibility index (Phi) is 11.9. The van der Waals surface area contributed by atoms with Crippen molar-refractivity contribution in [3.63, 3.8) is 0 Å². The normalized spacial score (nSPS) is 20.8. The molecule has 0 spiro atoms. The number of non-ortho nitro benzene ring substituents is 1. The van der Waals surface area contributed by atoms with Crippen molar-refractivity contribution < 1.29 is 38.1 Å². The Labute approximate surface area is 356 Å². The van der Waals surface area contributed by atoms with E-state index in [1.54, 1.807) is 18.3 Å². The zero-order chi connectivity index (χ0) is 42.9. The number of carbonyl (C=O) groups excluding carboxylic acids is 2. The first-order chi connectivity index (χ1) is 29.4. The lowest BCUT2D eigenvalue weighted by Crippen LogP contribution is -2.66. The number of nitro groups is 1. The van der Waals surface area contributed by atoms with E-state index in [-0.39, 0.29) is 42.4 Å². The van der Waals surface area contributed by atoms with Crippen LogP contribution >= 0.6 is 0 Å². The van der Waals surface area contributed by atoms with Gasteiger partial charge in [-0.1, -0.05) is 93.6 Å². The van der Waals surface area contributed by atoms with E-state index in [4.69, 9.17) is 13.5 Å². The van der Waals surface area contributed by atoms with E-state index in [0.29, 0.717) is 24.4 Å². The number of pyridine rings is 1. The molecule has 0 unspecified atom stereocenters. The molecular weight excluding hydrogens is 789 g/mol. The number of nitro benzene ring substituents is 1. The summed E-state index contributed by atoms with van der Waals surface area (Å²) in [6.07, 6.45) is 4.03. The minimum absolute atomic E-state index is 0.0801. The molecule has 1 aliphatic carbocycles. The molecule has 0 saturated carbocycles. The maximum absolute atomic E-state index is 14.6. The molecule has 312 valence electrons. The molecular formula is C47H48BN3O9Si. The van der Waals surface area contributed by atoms with Gasteiger partial charge < -0.3 is 23.6 Å². The summed E-state index contributed by atoms with van der Waals surface area (Å²) >= 11 is 0. The van der Waals surface area contributed by atoms with E-state index >= 15 is 0 Å². The summed E-state index contributed by atoms with van der Waals surface area (Å²) in [4.78, 5) is 46.1. The number of aromatic nitrogens is 1. The smallest absolute Gasteiger partial charge is 0.455 e. The molecule has 2 amide bonds. The van der Waals surface area contributed by atoms with Crippen molar-refractivity contribution in [2.24, 2.45) is 17.8 Å². The Morgan fingerprint density at radius 2 is 1.66 bits per heavy atom. The zero-order valence-electron chi connectivity index (χ0n) is 34.3. The number of carbonyl (C=O) groups is 2. The second-order valence-electron chi connectivity index (χ2n) is 16.9. The second kappa shape index (κ2) is 17.3. The van der Waals surface area contributed by atoms with Gasteiger partial charge in [-0.25, -0.2) is 4.90 Å². The van der Waals surface area contributed by atoms with Gasteiger partial charge in [-0.15, -0.1) is 0 Å². The minimum atomic E-state index is -3.09. The summed E-state index contributed by atoms with van der Waals surface area (Å²) in [7, 11) is -4.32. The average Bonchev–Trinajstić information content (AvgIpc) is 3.83. The third-order valence-electron chi connectivity index (χ3n) is 12.3. The van der Waals surface area contributed by atoms with Crippen molar-refractivity contribution in [2.45, 2.75) is 64.1 Å². The van der Waals surface area contributed by atoms with Crippen LogP contribution in [0.5, 0.6) is 0 Å². The Hall–Kier alpha value is -5.77. The zero-order valence-corrected chi connectivity index (χ0v) is 35.3. The quantitative estimate of drug-likeness (QED) is 0.0416. The summed E-state index contributed by atoms with van der Waals surface area (Å²) in [5.74, 6) is -2.11. The largest absolute Gasteiger partial charge is 0.459 e. The summed E-state index contributed by atoms with van der Waals surface area (Å²) in [5, 5.41) is 34.7. The number of benzene rings is 3. The summed E-state index contributed by atoms with van der Waals surface area (Å²) in [6.45, 7) is 6.50. The minimum Gasteiger partial charge on any atom is -0.459 e. The molecule has 2 fully saturated rings. The van der Waals surface area contributed by atoms with Crippen LogP contribution in [0, 0.1) is 27.9 Å². The molecule has 4 heterocycles. The SMILES string of the molecule is CC(C)(C)[Si](OCC1=C2[C@@H](CC/C(=C/c3ccc(CO)o3)c3ccccn3)OB(O)C[C@@H]2[C@@H]2C(=O)N(c3cccc([N+](=O)[O-])c3)C(=O)[C@@H]2C1)(c1ccccc1)c1ccccc1. The lowest BCUT2D eigenvalue weighted by molar-refractivity contribution is -0.384. The van der Waals surface area contributed by atoms with Crippen LogP contribution in [0.2, 0.25) is 11.4 Å². The molecule has 2 saturated heterocycles. The number of allylic oxidation sites excluding steroid dienone is 1. The van der Waals surface area contributed by atoms with Crippen LogP contribution in [0.25, 0.3) is 11.6 Å². The lowest BCUT2D eigenvalue weighted by Gasteiger charge is -2.46. The highest BCUT2D eigenvalue weighted by atomic mass is 28.4. The van der Waals surface area contributed by atoms with Crippen molar-refractivity contribution in [1.29, 1.82) is 0 Å². The molecule has 12 nitrogen and oxygen atoms in total. The molecule has 61 heavy (non-hydrogen) atoms. The van der Waals surface area contributed by atoms with Gasteiger partial charge in [0.25, 0.3) is 14.0 Å². The molecule has 2 N–H and O–H groups in total. The molecule has 0 radical (unpaired) electrons. The Bertz CT molecular complexity index is 2430. The van der Waals surface area contributed by atoms with Crippen molar-refractivity contribution >= 4 is 60.6 Å². The first kappa shape index (κ1) is 41.9. The van der Waals surface area contributed by atoms with Gasteiger partial charge in [0.05, 0.1) is 40.9 Å². The van der Waals surface area contributed by atoms with E-state index in [9.17, 15) is 29.8 Å². The van der Waals surface area contributed by atoms with Crippen LogP contribution in [0.15, 0.2) is 137 Å². The Morgan fingerprint density at radius 1 is 0.951 bits per heavy atom. The fourth-order valence-corrected chi connectivity index (χ4v) is 14.2. The molecule has 3 aromatic carbocycles. The van der Waals surface area contributed by atoms with Crippen molar-refractivity contribution in [1.82, 2.24) is 4.98 Å². The third kappa shape index (κ3) is 8.09. The van der Waals surface area contributed by atoms with E-state index in [2.05, 4.69) is 50.0 Å². The first-order valence-corrected chi connectivity index (χ1v) is 22.5. The van der Waals surface area contributed by atoms with Crippen LogP contribution in [-0.4, -0.2) is 60.0 Å². The maximum Gasteiger partial charge on any atom is 0.455 e. The number of aliphatic hydroxyl groups is 1. The number of amides is 2. The van der Waals surface area contributed by atoms with E-state index in [0.717, 1.165) is 37.7 Å². The third-order valence-corrected chi connectivity index (χ3v) is 17.3. The van der Waals surface area contributed by atoms with Gasteiger partial charge in [-0.3, -0.25) is 24.7 Å². The number of hydrogen-bond donors (Lipinski definition) is 2. The summed E-state index contributed by atoms with van der Waals surface area (Å²) < 4.78 is 19.8. The van der Waals surface area contributed by atoms with Crippen LogP contribution in [0.1, 0.15) is 57.2 Å². The molecule has 14 heteroatoms. The number of aliphatic hydroxyl groups excluding tert-OH is 1. The molecule has 4 atom stereocenters. The fraction of sp³-hybridized carbons (Fsp3) is 0.298. The van der Waals surface area contributed by atoms with Gasteiger partial charge in [-0.2, -0.15) is 0 Å². The van der Waals surface area contributed by atoms with Gasteiger partial charge in [0.15, 0.2) is 0 Å². The van der Waals surface area contributed by atoms with E-state index in [1.807, 2.05) is 60.7 Å². The highest BCUT2D eigenvalue weighted by Gasteiger charge is 2.58. The first-order valence-electron chi connectivity index (χ1n) is 20.6. The Balaban J connectivity index is 1.23. The average molecular weight is 838 g/mol. The molecule has 2 aromatic heterocycles. The highest BCUT2D eigenvalue weighted by molar-refractivity contribution is 6.99. The summed E-state index contributed by atoms with van der Waals surface area (Å²) in [6, 6.07) is 35.3. The number of hydrogen-bond acceptors (Lipinski definition) is 10. The number of imide groups is 1. The maximum atomic E-state index is 14.6. The van der Waals surface area contributed by atoms with Gasteiger partial charge in [0.2, 0.25) is 11.8 Å².